The van der Waals surface area contributed by atoms with Crippen LogP contribution in [0.2, 0.25) is 0 Å². The van der Waals surface area contributed by atoms with E-state index < -0.39 is 11.7 Å². The third kappa shape index (κ3) is 2.59. The fraction of sp³-hybridized carbons (Fsp3) is 0.125. The summed E-state index contributed by atoms with van der Waals surface area (Å²) in [4.78, 5) is 0. The van der Waals surface area contributed by atoms with Crippen molar-refractivity contribution >= 4 is 0 Å². The Bertz CT molecular complexity index is 792. The monoisotopic (exact) mass is 303 g/mol. The van der Waals surface area contributed by atoms with Crippen LogP contribution in [0.3, 0.4) is 0 Å². The molecule has 2 aromatic carbocycles. The summed E-state index contributed by atoms with van der Waals surface area (Å²) in [7, 11) is 0. The van der Waals surface area contributed by atoms with Crippen LogP contribution in [0.5, 0.6) is 0 Å². The van der Waals surface area contributed by atoms with Crippen molar-refractivity contribution in [1.29, 1.82) is 0 Å². The van der Waals surface area contributed by atoms with Crippen molar-refractivity contribution in [2.24, 2.45) is 0 Å². The maximum Gasteiger partial charge on any atom is 0.416 e. The Kier molecular flexibility index (Phi) is 3.44. The lowest BCUT2D eigenvalue weighted by molar-refractivity contribution is -0.137. The SMILES string of the molecule is Cc1nnc(-c2cccc(C(F)(F)F)c2)n1-c1ccccc1. The molecule has 0 radical (unpaired) electrons. The third-order valence-corrected chi connectivity index (χ3v) is 3.29. The molecule has 0 saturated carbocycles. The van der Waals surface area contributed by atoms with E-state index in [4.69, 9.17) is 0 Å². The molecular weight excluding hydrogens is 291 g/mol. The Morgan fingerprint density at radius 3 is 2.32 bits per heavy atom. The van der Waals surface area contributed by atoms with Crippen LogP contribution in [0, 0.1) is 6.92 Å². The van der Waals surface area contributed by atoms with E-state index in [0.29, 0.717) is 17.2 Å². The van der Waals surface area contributed by atoms with Crippen molar-refractivity contribution in [2.75, 3.05) is 0 Å². The van der Waals surface area contributed by atoms with Crippen molar-refractivity contribution in [3.05, 3.63) is 66.0 Å². The number of halogens is 3. The molecule has 0 aliphatic rings. The summed E-state index contributed by atoms with van der Waals surface area (Å²) in [5.41, 5.74) is 0.474. The maximum absolute atomic E-state index is 12.9. The number of benzene rings is 2. The molecule has 0 amide bonds. The standard InChI is InChI=1S/C16H12F3N3/c1-11-20-21-15(22(11)14-8-3-2-4-9-14)12-6-5-7-13(10-12)16(17,18)19/h2-10H,1H3. The fourth-order valence-corrected chi connectivity index (χ4v) is 2.27. The Balaban J connectivity index is 2.15. The van der Waals surface area contributed by atoms with Gasteiger partial charge in [0.25, 0.3) is 0 Å². The van der Waals surface area contributed by atoms with Crippen LogP contribution in [-0.4, -0.2) is 14.8 Å². The number of aryl methyl sites for hydroxylation is 1. The molecule has 0 aliphatic carbocycles. The third-order valence-electron chi connectivity index (χ3n) is 3.29. The van der Waals surface area contributed by atoms with Crippen molar-refractivity contribution in [3.8, 4) is 17.1 Å². The smallest absolute Gasteiger partial charge is 0.279 e. The van der Waals surface area contributed by atoms with E-state index in [1.807, 2.05) is 30.3 Å². The molecule has 0 atom stereocenters. The van der Waals surface area contributed by atoms with Gasteiger partial charge in [0.1, 0.15) is 5.82 Å². The van der Waals surface area contributed by atoms with Crippen LogP contribution in [0.4, 0.5) is 13.2 Å². The van der Waals surface area contributed by atoms with Gasteiger partial charge in [-0.25, -0.2) is 0 Å². The molecule has 112 valence electrons. The summed E-state index contributed by atoms with van der Waals surface area (Å²) in [6, 6.07) is 14.4. The molecule has 0 N–H and O–H groups in total. The van der Waals surface area contributed by atoms with Gasteiger partial charge in [0, 0.05) is 11.3 Å². The normalized spacial score (nSPS) is 11.6. The molecule has 1 aromatic heterocycles. The van der Waals surface area contributed by atoms with Crippen molar-refractivity contribution in [2.45, 2.75) is 13.1 Å². The van der Waals surface area contributed by atoms with E-state index in [2.05, 4.69) is 10.2 Å². The second-order valence-corrected chi connectivity index (χ2v) is 4.82. The largest absolute Gasteiger partial charge is 0.416 e. The quantitative estimate of drug-likeness (QED) is 0.708. The molecule has 22 heavy (non-hydrogen) atoms. The van der Waals surface area contributed by atoms with Gasteiger partial charge < -0.3 is 0 Å². The van der Waals surface area contributed by atoms with E-state index in [1.165, 1.54) is 6.07 Å². The highest BCUT2D eigenvalue weighted by Gasteiger charge is 2.30. The zero-order chi connectivity index (χ0) is 15.7. The zero-order valence-electron chi connectivity index (χ0n) is 11.7. The molecular formula is C16H12F3N3. The van der Waals surface area contributed by atoms with E-state index >= 15 is 0 Å². The van der Waals surface area contributed by atoms with Crippen LogP contribution >= 0.6 is 0 Å². The summed E-state index contributed by atoms with van der Waals surface area (Å²) in [5.74, 6) is 0.994. The second kappa shape index (κ2) is 5.29. The first kappa shape index (κ1) is 14.3. The predicted octanol–water partition coefficient (Wildman–Crippen LogP) is 4.26. The Morgan fingerprint density at radius 1 is 0.909 bits per heavy atom. The van der Waals surface area contributed by atoms with Crippen LogP contribution in [0.1, 0.15) is 11.4 Å². The van der Waals surface area contributed by atoms with Crippen molar-refractivity contribution < 1.29 is 13.2 Å². The van der Waals surface area contributed by atoms with Gasteiger partial charge in [-0.3, -0.25) is 4.57 Å². The molecule has 0 spiro atoms. The number of alkyl halides is 3. The average molecular weight is 303 g/mol. The van der Waals surface area contributed by atoms with Gasteiger partial charge in [-0.05, 0) is 31.2 Å². The maximum atomic E-state index is 12.9. The van der Waals surface area contributed by atoms with Gasteiger partial charge >= 0.3 is 6.18 Å². The first-order chi connectivity index (χ1) is 10.5. The highest BCUT2D eigenvalue weighted by atomic mass is 19.4. The highest BCUT2D eigenvalue weighted by Crippen LogP contribution is 2.32. The molecule has 0 saturated heterocycles. The molecule has 0 unspecified atom stereocenters. The molecule has 6 heteroatoms. The first-order valence-electron chi connectivity index (χ1n) is 6.62. The number of rotatable bonds is 2. The molecule has 0 fully saturated rings. The molecule has 0 aliphatic heterocycles. The zero-order valence-corrected chi connectivity index (χ0v) is 11.7. The lowest BCUT2D eigenvalue weighted by atomic mass is 10.1. The molecule has 3 aromatic rings. The van der Waals surface area contributed by atoms with Crippen LogP contribution in [-0.2, 0) is 6.18 Å². The number of aromatic nitrogens is 3. The summed E-state index contributed by atoms with van der Waals surface area (Å²) in [5, 5.41) is 8.02. The van der Waals surface area contributed by atoms with Crippen LogP contribution in [0.15, 0.2) is 54.6 Å². The topological polar surface area (TPSA) is 30.7 Å². The van der Waals surface area contributed by atoms with Gasteiger partial charge in [0.2, 0.25) is 0 Å². The van der Waals surface area contributed by atoms with Gasteiger partial charge in [-0.15, -0.1) is 10.2 Å². The van der Waals surface area contributed by atoms with Gasteiger partial charge in [-0.2, -0.15) is 13.2 Å². The fourth-order valence-electron chi connectivity index (χ4n) is 2.27. The molecule has 0 bridgehead atoms. The summed E-state index contributed by atoms with van der Waals surface area (Å²) >= 11 is 0. The number of nitrogens with zero attached hydrogens (tertiary/aromatic N) is 3. The Hall–Kier alpha value is -2.63. The minimum Gasteiger partial charge on any atom is -0.279 e. The van der Waals surface area contributed by atoms with Gasteiger partial charge in [-0.1, -0.05) is 30.3 Å². The average Bonchev–Trinajstić information content (AvgIpc) is 2.89. The van der Waals surface area contributed by atoms with E-state index in [9.17, 15) is 13.2 Å². The summed E-state index contributed by atoms with van der Waals surface area (Å²) in [6.07, 6.45) is -4.39. The lowest BCUT2D eigenvalue weighted by Crippen LogP contribution is -2.05. The lowest BCUT2D eigenvalue weighted by Gasteiger charge is -2.11. The Labute approximate surface area is 125 Å². The predicted molar refractivity (Wildman–Crippen MR) is 76.5 cm³/mol. The number of hydrogen-bond acceptors (Lipinski definition) is 2. The van der Waals surface area contributed by atoms with Crippen molar-refractivity contribution in [1.82, 2.24) is 14.8 Å². The second-order valence-electron chi connectivity index (χ2n) is 4.82. The van der Waals surface area contributed by atoms with Gasteiger partial charge in [0.15, 0.2) is 5.82 Å². The Morgan fingerprint density at radius 2 is 1.64 bits per heavy atom. The van der Waals surface area contributed by atoms with Gasteiger partial charge in [0.05, 0.1) is 5.56 Å². The van der Waals surface area contributed by atoms with Crippen LogP contribution in [0.25, 0.3) is 17.1 Å². The van der Waals surface area contributed by atoms with Crippen molar-refractivity contribution in [3.63, 3.8) is 0 Å². The molecule has 3 rings (SSSR count). The minimum absolute atomic E-state index is 0.374. The minimum atomic E-state index is -4.39. The molecule has 3 nitrogen and oxygen atoms in total. The first-order valence-corrected chi connectivity index (χ1v) is 6.62. The van der Waals surface area contributed by atoms with E-state index in [1.54, 1.807) is 17.6 Å². The number of para-hydroxylation sites is 1. The summed E-state index contributed by atoms with van der Waals surface area (Å²) < 4.78 is 40.3. The van der Waals surface area contributed by atoms with E-state index in [0.717, 1.165) is 17.8 Å². The molecule has 1 heterocycles. The highest BCUT2D eigenvalue weighted by molar-refractivity contribution is 5.60. The number of hydrogen-bond donors (Lipinski definition) is 0. The summed E-state index contributed by atoms with van der Waals surface area (Å²) in [6.45, 7) is 1.76. The van der Waals surface area contributed by atoms with Crippen LogP contribution < -0.4 is 0 Å². The van der Waals surface area contributed by atoms with E-state index in [-0.39, 0.29) is 0 Å².